The molecule has 1 saturated heterocycles. The molecule has 190 valence electrons. The number of fused-ring (bicyclic) bond motifs is 1. The van der Waals surface area contributed by atoms with E-state index in [1.807, 2.05) is 31.2 Å². The molecule has 0 aromatic heterocycles. The van der Waals surface area contributed by atoms with Gasteiger partial charge in [0.15, 0.2) is 0 Å². The van der Waals surface area contributed by atoms with Crippen molar-refractivity contribution in [3.63, 3.8) is 0 Å². The van der Waals surface area contributed by atoms with Crippen LogP contribution in [0.3, 0.4) is 0 Å². The Morgan fingerprint density at radius 2 is 1.78 bits per heavy atom. The van der Waals surface area contributed by atoms with Crippen molar-refractivity contribution in [2.75, 3.05) is 11.5 Å². The number of phenols is 1. The predicted octanol–water partition coefficient (Wildman–Crippen LogP) is 4.85. The van der Waals surface area contributed by atoms with Gasteiger partial charge in [-0.25, -0.2) is 0 Å². The number of anilines is 1. The van der Waals surface area contributed by atoms with Gasteiger partial charge in [-0.05, 0) is 68.0 Å². The summed E-state index contributed by atoms with van der Waals surface area (Å²) in [4.78, 5) is 28.1. The normalized spacial score (nSPS) is 23.3. The van der Waals surface area contributed by atoms with E-state index in [0.29, 0.717) is 24.9 Å². The van der Waals surface area contributed by atoms with E-state index in [4.69, 9.17) is 0 Å². The summed E-state index contributed by atoms with van der Waals surface area (Å²) in [6.07, 6.45) is 4.33. The van der Waals surface area contributed by atoms with Crippen LogP contribution in [0.15, 0.2) is 71.3 Å². The zero-order chi connectivity index (χ0) is 25.8. The number of benzene rings is 2. The van der Waals surface area contributed by atoms with Gasteiger partial charge in [-0.3, -0.25) is 14.5 Å². The van der Waals surface area contributed by atoms with Gasteiger partial charge in [-0.15, -0.1) is 0 Å². The van der Waals surface area contributed by atoms with Gasteiger partial charge >= 0.3 is 0 Å². The quantitative estimate of drug-likeness (QED) is 0.346. The van der Waals surface area contributed by atoms with Crippen LogP contribution in [0.25, 0.3) is 6.08 Å². The Bertz CT molecular complexity index is 1150. The number of aliphatic hydroxyl groups excluding tert-OH is 2. The minimum atomic E-state index is -0.804. The first-order valence-electron chi connectivity index (χ1n) is 12.8. The van der Waals surface area contributed by atoms with Gasteiger partial charge in [0.1, 0.15) is 5.75 Å². The number of amides is 2. The van der Waals surface area contributed by atoms with E-state index < -0.39 is 23.9 Å². The molecule has 1 aliphatic carbocycles. The first-order chi connectivity index (χ1) is 17.3. The summed E-state index contributed by atoms with van der Waals surface area (Å²) in [6, 6.07) is 15.9. The lowest BCUT2D eigenvalue weighted by Crippen LogP contribution is -2.39. The van der Waals surface area contributed by atoms with Crippen molar-refractivity contribution in [1.29, 1.82) is 0 Å². The van der Waals surface area contributed by atoms with Gasteiger partial charge in [-0.2, -0.15) is 0 Å². The number of nitrogens with zero attached hydrogens (tertiary/aromatic N) is 1. The molecule has 2 aromatic rings. The van der Waals surface area contributed by atoms with E-state index in [0.717, 1.165) is 35.1 Å². The minimum Gasteiger partial charge on any atom is -0.508 e. The summed E-state index contributed by atoms with van der Waals surface area (Å²) in [5, 5.41) is 31.3. The summed E-state index contributed by atoms with van der Waals surface area (Å²) >= 11 is 0. The molecule has 2 aliphatic rings. The zero-order valence-electron chi connectivity index (χ0n) is 20.9. The van der Waals surface area contributed by atoms with Crippen LogP contribution in [-0.2, 0) is 9.59 Å². The van der Waals surface area contributed by atoms with Gasteiger partial charge in [0.2, 0.25) is 11.8 Å². The number of aromatic hydroxyl groups is 1. The highest BCUT2D eigenvalue weighted by atomic mass is 16.3. The second-order valence-corrected chi connectivity index (χ2v) is 9.92. The van der Waals surface area contributed by atoms with E-state index in [2.05, 4.69) is 6.92 Å². The highest BCUT2D eigenvalue weighted by Gasteiger charge is 2.55. The maximum atomic E-state index is 13.5. The van der Waals surface area contributed by atoms with Crippen LogP contribution in [0.1, 0.15) is 51.5 Å². The Morgan fingerprint density at radius 1 is 1.08 bits per heavy atom. The summed E-state index contributed by atoms with van der Waals surface area (Å²) < 4.78 is 0. The largest absolute Gasteiger partial charge is 0.508 e. The number of para-hydroxylation sites is 1. The lowest BCUT2D eigenvalue weighted by Gasteiger charge is -2.36. The maximum Gasteiger partial charge on any atom is 0.238 e. The van der Waals surface area contributed by atoms with Crippen LogP contribution in [0.2, 0.25) is 0 Å². The molecule has 0 bridgehead atoms. The lowest BCUT2D eigenvalue weighted by molar-refractivity contribution is -0.123. The lowest BCUT2D eigenvalue weighted by atomic mass is 9.67. The van der Waals surface area contributed by atoms with E-state index in [-0.39, 0.29) is 24.2 Å². The van der Waals surface area contributed by atoms with Gasteiger partial charge < -0.3 is 15.3 Å². The van der Waals surface area contributed by atoms with Crippen LogP contribution < -0.4 is 4.90 Å². The van der Waals surface area contributed by atoms with Crippen LogP contribution in [0, 0.1) is 17.8 Å². The SMILES string of the molecule is CCCC1=C([C@H](O)CC/C(C)=C/c2ccc(O)cc2)[C@H](CO)[C@@H]2C(=O)N(c3ccccc3)C(=O)[C@@H]2C1. The highest BCUT2D eigenvalue weighted by Crippen LogP contribution is 2.48. The number of allylic oxidation sites excluding steroid dienone is 2. The molecular formula is C30H35NO5. The first kappa shape index (κ1) is 25.9. The average Bonchev–Trinajstić information content (AvgIpc) is 3.13. The van der Waals surface area contributed by atoms with Gasteiger partial charge in [-0.1, -0.05) is 60.9 Å². The van der Waals surface area contributed by atoms with E-state index >= 15 is 0 Å². The third-order valence-electron chi connectivity index (χ3n) is 7.42. The van der Waals surface area contributed by atoms with E-state index in [9.17, 15) is 24.9 Å². The molecule has 1 aliphatic heterocycles. The van der Waals surface area contributed by atoms with Gasteiger partial charge in [0, 0.05) is 5.92 Å². The number of imide groups is 1. The number of aliphatic hydroxyl groups is 2. The molecule has 6 heteroatoms. The monoisotopic (exact) mass is 489 g/mol. The minimum absolute atomic E-state index is 0.215. The average molecular weight is 490 g/mol. The van der Waals surface area contributed by atoms with Crippen molar-refractivity contribution in [3.05, 3.63) is 76.9 Å². The molecule has 4 rings (SSSR count). The molecule has 1 fully saturated rings. The van der Waals surface area contributed by atoms with Crippen LogP contribution in [0.5, 0.6) is 5.75 Å². The van der Waals surface area contributed by atoms with E-state index in [1.54, 1.807) is 36.4 Å². The van der Waals surface area contributed by atoms with Crippen molar-refractivity contribution in [2.24, 2.45) is 17.8 Å². The third-order valence-corrected chi connectivity index (χ3v) is 7.42. The fourth-order valence-corrected chi connectivity index (χ4v) is 5.78. The second-order valence-electron chi connectivity index (χ2n) is 9.92. The van der Waals surface area contributed by atoms with Gasteiger partial charge in [0.05, 0.1) is 30.2 Å². The number of hydrogen-bond acceptors (Lipinski definition) is 5. The van der Waals surface area contributed by atoms with Crippen molar-refractivity contribution in [1.82, 2.24) is 0 Å². The molecule has 0 unspecified atom stereocenters. The molecule has 36 heavy (non-hydrogen) atoms. The molecule has 4 atom stereocenters. The molecule has 0 radical (unpaired) electrons. The van der Waals surface area contributed by atoms with Gasteiger partial charge in [0.25, 0.3) is 0 Å². The third kappa shape index (κ3) is 5.15. The van der Waals surface area contributed by atoms with Crippen LogP contribution >= 0.6 is 0 Å². The van der Waals surface area contributed by atoms with Crippen molar-refractivity contribution in [2.45, 2.75) is 52.1 Å². The van der Waals surface area contributed by atoms with Crippen molar-refractivity contribution < 1.29 is 24.9 Å². The van der Waals surface area contributed by atoms with E-state index in [1.165, 1.54) is 4.90 Å². The highest BCUT2D eigenvalue weighted by molar-refractivity contribution is 6.22. The fraction of sp³-hybridized carbons (Fsp3) is 0.400. The number of carbonyl (C=O) groups excluding carboxylic acids is 2. The zero-order valence-corrected chi connectivity index (χ0v) is 20.9. The second kappa shape index (κ2) is 11.2. The molecule has 2 aromatic carbocycles. The van der Waals surface area contributed by atoms with Crippen molar-refractivity contribution >= 4 is 23.6 Å². The standard InChI is InChI=1S/C30H35NO5/c1-3-7-21-17-24-28(30(36)31(29(24)35)22-8-5-4-6-9-22)25(18-32)27(21)26(34)15-10-19(2)16-20-11-13-23(33)14-12-20/h4-6,8-9,11-14,16,24-26,28,32-34H,3,7,10,15,17-18H2,1-2H3/b19-16+/t24-,25+,26-,28-/m1/s1. The smallest absolute Gasteiger partial charge is 0.238 e. The Labute approximate surface area is 212 Å². The molecule has 0 saturated carbocycles. The molecule has 6 nitrogen and oxygen atoms in total. The summed E-state index contributed by atoms with van der Waals surface area (Å²) in [5.74, 6) is -2.05. The summed E-state index contributed by atoms with van der Waals surface area (Å²) in [7, 11) is 0. The number of rotatable bonds is 9. The molecular weight excluding hydrogens is 454 g/mol. The number of carbonyl (C=O) groups is 2. The Balaban J connectivity index is 1.57. The number of phenolic OH excluding ortho intramolecular Hbond substituents is 1. The van der Waals surface area contributed by atoms with Crippen LogP contribution in [0.4, 0.5) is 5.69 Å². The van der Waals surface area contributed by atoms with Crippen LogP contribution in [-0.4, -0.2) is 39.8 Å². The summed E-state index contributed by atoms with van der Waals surface area (Å²) in [6.45, 7) is 3.77. The molecule has 2 amide bonds. The first-order valence-corrected chi connectivity index (χ1v) is 12.8. The van der Waals surface area contributed by atoms with Crippen molar-refractivity contribution in [3.8, 4) is 5.75 Å². The maximum absolute atomic E-state index is 13.5. The predicted molar refractivity (Wildman–Crippen MR) is 140 cm³/mol. The summed E-state index contributed by atoms with van der Waals surface area (Å²) in [5.41, 5.74) is 4.34. The Kier molecular flexibility index (Phi) is 8.07. The molecule has 0 spiro atoms. The Hall–Kier alpha value is -3.22. The molecule has 3 N–H and O–H groups in total. The fourth-order valence-electron chi connectivity index (χ4n) is 5.78. The Morgan fingerprint density at radius 3 is 2.42 bits per heavy atom. The molecule has 1 heterocycles. The topological polar surface area (TPSA) is 98.1 Å². The number of hydrogen-bond donors (Lipinski definition) is 3.